The summed E-state index contributed by atoms with van der Waals surface area (Å²) in [6.45, 7) is 7.63. The number of aryl methyl sites for hydroxylation is 4. The first-order valence-electron chi connectivity index (χ1n) is 8.45. The number of hydrogen-bond donors (Lipinski definition) is 2. The number of rotatable bonds is 6. The maximum atomic E-state index is 12.2. The number of Topliss-reactive ketones (excluding diaryl/α,β-unsaturated/α-hetero) is 1. The van der Waals surface area contributed by atoms with Crippen molar-refractivity contribution in [2.24, 2.45) is 0 Å². The lowest BCUT2D eigenvalue weighted by atomic mass is 10.0. The minimum absolute atomic E-state index is 0.00590. The van der Waals surface area contributed by atoms with Crippen molar-refractivity contribution >= 4 is 17.6 Å². The van der Waals surface area contributed by atoms with E-state index in [-0.39, 0.29) is 31.1 Å². The molecule has 7 nitrogen and oxygen atoms in total. The molecule has 2 N–H and O–H groups in total. The van der Waals surface area contributed by atoms with Gasteiger partial charge in [0, 0.05) is 24.1 Å². The number of hydrazine groups is 1. The monoisotopic (exact) mass is 356 g/mol. The predicted molar refractivity (Wildman–Crippen MR) is 97.5 cm³/mol. The molecule has 2 amide bonds. The van der Waals surface area contributed by atoms with E-state index in [1.165, 1.54) is 0 Å². The summed E-state index contributed by atoms with van der Waals surface area (Å²) in [7, 11) is 0. The van der Waals surface area contributed by atoms with Gasteiger partial charge in [-0.25, -0.2) is 0 Å². The van der Waals surface area contributed by atoms with Crippen molar-refractivity contribution in [1.82, 2.24) is 20.6 Å². The summed E-state index contributed by atoms with van der Waals surface area (Å²) < 4.78 is 1.56. The Bertz CT molecular complexity index is 839. The SMILES string of the molecule is Cc1cc(C)n(CC(=O)NNC(=O)CCC(=O)c2ccc(C)c(C)c2)n1. The number of ketones is 1. The van der Waals surface area contributed by atoms with Crippen LogP contribution < -0.4 is 10.9 Å². The fraction of sp³-hybridized carbons (Fsp3) is 0.368. The smallest absolute Gasteiger partial charge is 0.260 e. The molecule has 0 bridgehead atoms. The van der Waals surface area contributed by atoms with E-state index in [1.807, 2.05) is 45.9 Å². The van der Waals surface area contributed by atoms with Crippen LogP contribution in [0.1, 0.15) is 45.7 Å². The Labute approximate surface area is 152 Å². The van der Waals surface area contributed by atoms with Gasteiger partial charge in [-0.3, -0.25) is 29.9 Å². The molecular weight excluding hydrogens is 332 g/mol. The van der Waals surface area contributed by atoms with Crippen molar-refractivity contribution in [3.63, 3.8) is 0 Å². The highest BCUT2D eigenvalue weighted by Gasteiger charge is 2.12. The molecule has 1 aromatic carbocycles. The van der Waals surface area contributed by atoms with Crippen molar-refractivity contribution in [2.75, 3.05) is 0 Å². The van der Waals surface area contributed by atoms with Crippen LogP contribution in [-0.2, 0) is 16.1 Å². The first-order chi connectivity index (χ1) is 12.3. The molecule has 2 rings (SSSR count). The van der Waals surface area contributed by atoms with Crippen LogP contribution in [0.25, 0.3) is 0 Å². The molecular formula is C19H24N4O3. The molecule has 0 unspecified atom stereocenters. The number of benzene rings is 1. The Morgan fingerprint density at radius 1 is 0.923 bits per heavy atom. The Morgan fingerprint density at radius 2 is 1.62 bits per heavy atom. The quantitative estimate of drug-likeness (QED) is 0.611. The predicted octanol–water partition coefficient (Wildman–Crippen LogP) is 1.93. The van der Waals surface area contributed by atoms with Gasteiger partial charge in [-0.1, -0.05) is 12.1 Å². The zero-order valence-corrected chi connectivity index (χ0v) is 15.5. The Morgan fingerprint density at radius 3 is 2.23 bits per heavy atom. The van der Waals surface area contributed by atoms with Gasteiger partial charge in [0.2, 0.25) is 5.91 Å². The van der Waals surface area contributed by atoms with Gasteiger partial charge in [0.25, 0.3) is 5.91 Å². The lowest BCUT2D eigenvalue weighted by molar-refractivity contribution is -0.129. The molecule has 7 heteroatoms. The summed E-state index contributed by atoms with van der Waals surface area (Å²) >= 11 is 0. The second kappa shape index (κ2) is 8.42. The normalized spacial score (nSPS) is 10.5. The fourth-order valence-electron chi connectivity index (χ4n) is 2.50. The molecule has 26 heavy (non-hydrogen) atoms. The number of hydrogen-bond acceptors (Lipinski definition) is 4. The summed E-state index contributed by atoms with van der Waals surface area (Å²) in [4.78, 5) is 35.8. The minimum Gasteiger partial charge on any atom is -0.294 e. The number of nitrogens with one attached hydrogen (secondary N) is 2. The molecule has 2 aromatic rings. The average Bonchev–Trinajstić information content (AvgIpc) is 2.90. The number of nitrogens with zero attached hydrogens (tertiary/aromatic N) is 2. The van der Waals surface area contributed by atoms with Crippen molar-refractivity contribution in [3.8, 4) is 0 Å². The highest BCUT2D eigenvalue weighted by molar-refractivity contribution is 5.98. The molecule has 1 aromatic heterocycles. The average molecular weight is 356 g/mol. The van der Waals surface area contributed by atoms with E-state index in [9.17, 15) is 14.4 Å². The maximum Gasteiger partial charge on any atom is 0.260 e. The van der Waals surface area contributed by atoms with Crippen LogP contribution in [0.15, 0.2) is 24.3 Å². The highest BCUT2D eigenvalue weighted by atomic mass is 16.2. The summed E-state index contributed by atoms with van der Waals surface area (Å²) in [5.74, 6) is -0.897. The van der Waals surface area contributed by atoms with E-state index in [0.717, 1.165) is 22.5 Å². The zero-order chi connectivity index (χ0) is 19.3. The molecule has 0 fully saturated rings. The van der Waals surface area contributed by atoms with Gasteiger partial charge in [-0.05, 0) is 51.0 Å². The third-order valence-corrected chi connectivity index (χ3v) is 4.15. The van der Waals surface area contributed by atoms with E-state index in [4.69, 9.17) is 0 Å². The lowest BCUT2D eigenvalue weighted by Crippen LogP contribution is -2.43. The second-order valence-corrected chi connectivity index (χ2v) is 6.40. The Kier molecular flexibility index (Phi) is 6.27. The van der Waals surface area contributed by atoms with Crippen LogP contribution in [0.5, 0.6) is 0 Å². The van der Waals surface area contributed by atoms with Crippen LogP contribution in [-0.4, -0.2) is 27.4 Å². The van der Waals surface area contributed by atoms with E-state index in [2.05, 4.69) is 16.0 Å². The van der Waals surface area contributed by atoms with Crippen LogP contribution in [0.4, 0.5) is 0 Å². The van der Waals surface area contributed by atoms with Gasteiger partial charge in [-0.2, -0.15) is 5.10 Å². The minimum atomic E-state index is -0.413. The molecule has 0 aliphatic carbocycles. The first kappa shape index (κ1) is 19.4. The molecule has 0 spiro atoms. The van der Waals surface area contributed by atoms with Gasteiger partial charge in [0.1, 0.15) is 6.54 Å². The Balaban J connectivity index is 1.76. The number of aromatic nitrogens is 2. The zero-order valence-electron chi connectivity index (χ0n) is 15.5. The highest BCUT2D eigenvalue weighted by Crippen LogP contribution is 2.12. The topological polar surface area (TPSA) is 93.1 Å². The van der Waals surface area contributed by atoms with Crippen LogP contribution in [0.3, 0.4) is 0 Å². The van der Waals surface area contributed by atoms with E-state index in [0.29, 0.717) is 5.56 Å². The van der Waals surface area contributed by atoms with E-state index in [1.54, 1.807) is 10.7 Å². The van der Waals surface area contributed by atoms with Crippen molar-refractivity contribution < 1.29 is 14.4 Å². The first-order valence-corrected chi connectivity index (χ1v) is 8.45. The lowest BCUT2D eigenvalue weighted by Gasteiger charge is -2.08. The van der Waals surface area contributed by atoms with E-state index < -0.39 is 5.91 Å². The third-order valence-electron chi connectivity index (χ3n) is 4.15. The summed E-state index contributed by atoms with van der Waals surface area (Å²) in [5, 5.41) is 4.18. The number of carbonyl (C=O) groups excluding carboxylic acids is 3. The molecule has 0 saturated heterocycles. The van der Waals surface area contributed by atoms with Gasteiger partial charge in [0.05, 0.1) is 5.69 Å². The van der Waals surface area contributed by atoms with Gasteiger partial charge in [-0.15, -0.1) is 0 Å². The standard InChI is InChI=1S/C19H24N4O3/c1-12-5-6-16(9-13(12)2)17(24)7-8-18(25)20-21-19(26)11-23-15(4)10-14(3)22-23/h5-6,9-10H,7-8,11H2,1-4H3,(H,20,25)(H,21,26). The number of carbonyl (C=O) groups is 3. The largest absolute Gasteiger partial charge is 0.294 e. The summed E-state index contributed by atoms with van der Waals surface area (Å²) in [6.07, 6.45) is 0.0909. The van der Waals surface area contributed by atoms with Gasteiger partial charge < -0.3 is 0 Å². The van der Waals surface area contributed by atoms with Gasteiger partial charge in [0.15, 0.2) is 5.78 Å². The molecule has 0 aliphatic rings. The molecule has 138 valence electrons. The molecule has 0 saturated carbocycles. The summed E-state index contributed by atoms with van der Waals surface area (Å²) in [5.41, 5.74) is 9.09. The molecule has 0 atom stereocenters. The van der Waals surface area contributed by atoms with Crippen LogP contribution in [0.2, 0.25) is 0 Å². The summed E-state index contributed by atoms with van der Waals surface area (Å²) in [6, 6.07) is 7.34. The van der Waals surface area contributed by atoms with Crippen LogP contribution in [0, 0.1) is 27.7 Å². The van der Waals surface area contributed by atoms with Gasteiger partial charge >= 0.3 is 0 Å². The van der Waals surface area contributed by atoms with Crippen molar-refractivity contribution in [3.05, 3.63) is 52.3 Å². The Hall–Kier alpha value is -2.96. The molecule has 0 aliphatic heterocycles. The van der Waals surface area contributed by atoms with Crippen molar-refractivity contribution in [1.29, 1.82) is 0 Å². The third kappa shape index (κ3) is 5.27. The maximum absolute atomic E-state index is 12.2. The van der Waals surface area contributed by atoms with E-state index >= 15 is 0 Å². The molecule has 1 heterocycles. The fourth-order valence-corrected chi connectivity index (χ4v) is 2.50. The van der Waals surface area contributed by atoms with Crippen molar-refractivity contribution in [2.45, 2.75) is 47.1 Å². The van der Waals surface area contributed by atoms with Crippen LogP contribution >= 0.6 is 0 Å². The second-order valence-electron chi connectivity index (χ2n) is 6.40. The molecule has 0 radical (unpaired) electrons. The number of amides is 2.